The summed E-state index contributed by atoms with van der Waals surface area (Å²) in [6.07, 6.45) is 0.233. The highest BCUT2D eigenvalue weighted by Crippen LogP contribution is 2.40. The van der Waals surface area contributed by atoms with Gasteiger partial charge in [0.15, 0.2) is 0 Å². The number of halogens is 3. The Balaban J connectivity index is 0.000000638. The molecule has 0 radical (unpaired) electrons. The van der Waals surface area contributed by atoms with Gasteiger partial charge in [0, 0.05) is 23.4 Å². The zero-order valence-electron chi connectivity index (χ0n) is 21.7. The molecule has 0 saturated heterocycles. The Hall–Kier alpha value is -3.35. The molecule has 1 aliphatic carbocycles. The summed E-state index contributed by atoms with van der Waals surface area (Å²) in [6.45, 7) is 6.83. The number of nitrogens with zero attached hydrogens (tertiary/aromatic N) is 1. The molecule has 38 heavy (non-hydrogen) atoms. The first-order valence-corrected chi connectivity index (χ1v) is 13.0. The molecule has 210 valence electrons. The first-order chi connectivity index (χ1) is 17.8. The predicted octanol–water partition coefficient (Wildman–Crippen LogP) is 6.81. The number of primary amides is 1. The number of nitrogens with one attached hydrogen (secondary N) is 2. The number of rotatable bonds is 6. The average molecular weight is 559 g/mol. The van der Waals surface area contributed by atoms with Gasteiger partial charge in [0.25, 0.3) is 0 Å². The van der Waals surface area contributed by atoms with Crippen LogP contribution in [0.1, 0.15) is 70.7 Å². The van der Waals surface area contributed by atoms with Crippen molar-refractivity contribution in [3.63, 3.8) is 0 Å². The van der Waals surface area contributed by atoms with Crippen LogP contribution in [0.2, 0.25) is 0 Å². The van der Waals surface area contributed by atoms with Crippen LogP contribution in [0.15, 0.2) is 24.4 Å². The fourth-order valence-corrected chi connectivity index (χ4v) is 4.80. The lowest BCUT2D eigenvalue weighted by Gasteiger charge is -2.19. The number of carbonyl (C=O) groups excluding carboxylic acids is 3. The number of anilines is 2. The van der Waals surface area contributed by atoms with Crippen LogP contribution in [-0.4, -0.2) is 41.5 Å². The number of amides is 3. The zero-order valence-corrected chi connectivity index (χ0v) is 22.5. The summed E-state index contributed by atoms with van der Waals surface area (Å²) in [5, 5.41) is 5.32. The number of ether oxygens (including phenoxy) is 2. The van der Waals surface area contributed by atoms with Crippen molar-refractivity contribution in [3.8, 4) is 10.4 Å². The number of aromatic nitrogens is 1. The lowest BCUT2D eigenvalue weighted by Crippen LogP contribution is -2.30. The predicted molar refractivity (Wildman–Crippen MR) is 139 cm³/mol. The molecule has 0 atom stereocenters. The van der Waals surface area contributed by atoms with E-state index in [1.807, 2.05) is 5.32 Å². The third-order valence-corrected chi connectivity index (χ3v) is 6.40. The molecule has 1 aromatic heterocycles. The van der Waals surface area contributed by atoms with Crippen LogP contribution < -0.4 is 16.4 Å². The summed E-state index contributed by atoms with van der Waals surface area (Å²) in [5.74, 6) is -1.74. The first kappa shape index (κ1) is 30.9. The molecule has 1 saturated carbocycles. The van der Waals surface area contributed by atoms with Crippen LogP contribution in [0.4, 0.5) is 34.1 Å². The lowest BCUT2D eigenvalue weighted by atomic mass is 9.90. The number of hydrogen-bond acceptors (Lipinski definition) is 7. The molecule has 2 aromatic rings. The Morgan fingerprint density at radius 1 is 1.03 bits per heavy atom. The van der Waals surface area contributed by atoms with E-state index in [-0.39, 0.29) is 23.6 Å². The van der Waals surface area contributed by atoms with Gasteiger partial charge in [-0.05, 0) is 58.7 Å². The molecule has 0 aliphatic heterocycles. The van der Waals surface area contributed by atoms with E-state index >= 15 is 0 Å². The van der Waals surface area contributed by atoms with E-state index in [2.05, 4.69) is 20.8 Å². The number of carbonyl (C=O) groups is 3. The number of nitrogens with two attached hydrogens (primary N) is 1. The molecule has 13 heteroatoms. The van der Waals surface area contributed by atoms with Gasteiger partial charge in [-0.15, -0.1) is 11.3 Å². The minimum absolute atomic E-state index is 0.0662. The van der Waals surface area contributed by atoms with Crippen molar-refractivity contribution in [1.82, 2.24) is 4.98 Å². The SMILES string of the molecule is CC(C)OC(=O)Nc1ccc(-c2cnc(C3CCCCC3)s2)c(NC(=O)C(F)(F)F)c1.CC(C)OC(N)=O. The molecule has 3 amide bonds. The second-order valence-electron chi connectivity index (χ2n) is 9.17. The van der Waals surface area contributed by atoms with Crippen LogP contribution in [0, 0.1) is 0 Å². The Kier molecular flexibility index (Phi) is 11.4. The molecular formula is C25H33F3N4O5S. The van der Waals surface area contributed by atoms with Crippen LogP contribution >= 0.6 is 11.3 Å². The second-order valence-corrected chi connectivity index (χ2v) is 10.2. The van der Waals surface area contributed by atoms with Crippen molar-refractivity contribution >= 4 is 40.8 Å². The van der Waals surface area contributed by atoms with Crippen molar-refractivity contribution in [3.05, 3.63) is 29.4 Å². The number of alkyl halides is 3. The van der Waals surface area contributed by atoms with Gasteiger partial charge in [0.2, 0.25) is 0 Å². The van der Waals surface area contributed by atoms with Gasteiger partial charge in [-0.25, -0.2) is 14.6 Å². The maximum Gasteiger partial charge on any atom is 0.471 e. The molecule has 1 aliphatic rings. The van der Waals surface area contributed by atoms with Gasteiger partial charge in [-0.1, -0.05) is 19.3 Å². The van der Waals surface area contributed by atoms with Crippen molar-refractivity contribution in [2.24, 2.45) is 5.73 Å². The summed E-state index contributed by atoms with van der Waals surface area (Å²) < 4.78 is 48.0. The van der Waals surface area contributed by atoms with E-state index in [0.717, 1.165) is 30.7 Å². The van der Waals surface area contributed by atoms with Crippen molar-refractivity contribution in [2.45, 2.75) is 84.1 Å². The Morgan fingerprint density at radius 2 is 1.66 bits per heavy atom. The summed E-state index contributed by atoms with van der Waals surface area (Å²) in [5.41, 5.74) is 5.17. The van der Waals surface area contributed by atoms with E-state index < -0.39 is 24.3 Å². The van der Waals surface area contributed by atoms with Crippen LogP contribution in [-0.2, 0) is 14.3 Å². The van der Waals surface area contributed by atoms with E-state index in [1.165, 1.54) is 23.8 Å². The fraction of sp³-hybridized carbons (Fsp3) is 0.520. The van der Waals surface area contributed by atoms with Gasteiger partial charge < -0.3 is 20.5 Å². The lowest BCUT2D eigenvalue weighted by molar-refractivity contribution is -0.167. The summed E-state index contributed by atoms with van der Waals surface area (Å²) in [4.78, 5) is 38.4. The van der Waals surface area contributed by atoms with Gasteiger partial charge in [-0.2, -0.15) is 13.2 Å². The Bertz CT molecular complexity index is 1100. The molecular weight excluding hydrogens is 525 g/mol. The minimum atomic E-state index is -5.04. The first-order valence-electron chi connectivity index (χ1n) is 12.2. The summed E-state index contributed by atoms with van der Waals surface area (Å²) in [6, 6.07) is 4.37. The fourth-order valence-electron chi connectivity index (χ4n) is 3.68. The number of thiazole rings is 1. The molecule has 0 bridgehead atoms. The van der Waals surface area contributed by atoms with Gasteiger partial charge in [0.1, 0.15) is 0 Å². The van der Waals surface area contributed by atoms with E-state index in [9.17, 15) is 27.6 Å². The van der Waals surface area contributed by atoms with Crippen molar-refractivity contribution in [2.75, 3.05) is 10.6 Å². The Morgan fingerprint density at radius 3 is 2.18 bits per heavy atom. The highest BCUT2D eigenvalue weighted by Gasteiger charge is 2.39. The van der Waals surface area contributed by atoms with Crippen molar-refractivity contribution < 1.29 is 37.0 Å². The largest absolute Gasteiger partial charge is 0.471 e. The molecule has 3 rings (SSSR count). The molecule has 4 N–H and O–H groups in total. The quantitative estimate of drug-likeness (QED) is 0.357. The topological polar surface area (TPSA) is 133 Å². The van der Waals surface area contributed by atoms with Crippen LogP contribution in [0.25, 0.3) is 10.4 Å². The van der Waals surface area contributed by atoms with Gasteiger partial charge in [-0.3, -0.25) is 10.1 Å². The smallest absolute Gasteiger partial charge is 0.447 e. The monoisotopic (exact) mass is 558 g/mol. The number of benzene rings is 1. The van der Waals surface area contributed by atoms with E-state index in [0.29, 0.717) is 16.4 Å². The van der Waals surface area contributed by atoms with E-state index in [1.54, 1.807) is 46.0 Å². The van der Waals surface area contributed by atoms with Gasteiger partial charge in [0.05, 0.1) is 27.8 Å². The summed E-state index contributed by atoms with van der Waals surface area (Å²) >= 11 is 1.41. The molecule has 0 spiro atoms. The molecule has 1 heterocycles. The molecule has 1 aromatic carbocycles. The third kappa shape index (κ3) is 10.2. The standard InChI is InChI=1S/C21H24F3N3O3S.C4H9NO2/c1-12(2)30-20(29)26-14-8-9-15(16(10-14)27-19(28)21(22,23)24)17-11-25-18(31-17)13-6-4-3-5-7-13;1-3(2)7-4(5)6/h8-13H,3-7H2,1-2H3,(H,26,29)(H,27,28);3H,1-2H3,(H2,5,6). The maximum absolute atomic E-state index is 12.9. The normalized spacial score (nSPS) is 13.9. The minimum Gasteiger partial charge on any atom is -0.447 e. The number of hydrogen-bond donors (Lipinski definition) is 3. The second kappa shape index (κ2) is 14.0. The van der Waals surface area contributed by atoms with Crippen molar-refractivity contribution in [1.29, 1.82) is 0 Å². The van der Waals surface area contributed by atoms with E-state index in [4.69, 9.17) is 4.74 Å². The van der Waals surface area contributed by atoms with Gasteiger partial charge >= 0.3 is 24.3 Å². The summed E-state index contributed by atoms with van der Waals surface area (Å²) in [7, 11) is 0. The zero-order chi connectivity index (χ0) is 28.5. The highest BCUT2D eigenvalue weighted by molar-refractivity contribution is 7.15. The molecule has 9 nitrogen and oxygen atoms in total. The average Bonchev–Trinajstić information content (AvgIpc) is 3.28. The van der Waals surface area contributed by atoms with Crippen LogP contribution in [0.5, 0.6) is 0 Å². The highest BCUT2D eigenvalue weighted by atomic mass is 32.1. The Labute approximate surface area is 223 Å². The van der Waals surface area contributed by atoms with Crippen LogP contribution in [0.3, 0.4) is 0 Å². The third-order valence-electron chi connectivity index (χ3n) is 5.21. The molecule has 0 unspecified atom stereocenters. The molecule has 1 fully saturated rings. The maximum atomic E-state index is 12.9.